The van der Waals surface area contributed by atoms with Gasteiger partial charge in [0.1, 0.15) is 0 Å². The zero-order valence-corrected chi connectivity index (χ0v) is 11.8. The molecule has 0 aliphatic carbocycles. The maximum Gasteiger partial charge on any atom is 0.159 e. The summed E-state index contributed by atoms with van der Waals surface area (Å²) in [5.41, 5.74) is 1.75. The highest BCUT2D eigenvalue weighted by Crippen LogP contribution is 2.30. The Balaban J connectivity index is 2.20. The third-order valence-electron chi connectivity index (χ3n) is 3.71. The first kappa shape index (κ1) is 13.4. The van der Waals surface area contributed by atoms with Gasteiger partial charge in [-0.1, -0.05) is 18.5 Å². The number of Topliss-reactive ketones (excluding diaryl/α,β-unsaturated/α-hetero) is 1. The fourth-order valence-electron chi connectivity index (χ4n) is 2.49. The molecule has 0 bridgehead atoms. The lowest BCUT2D eigenvalue weighted by molar-refractivity contribution is 0.101. The van der Waals surface area contributed by atoms with Gasteiger partial charge in [0.05, 0.1) is 10.7 Å². The van der Waals surface area contributed by atoms with Gasteiger partial charge in [0.2, 0.25) is 0 Å². The van der Waals surface area contributed by atoms with Crippen LogP contribution in [0, 0.1) is 5.92 Å². The average Bonchev–Trinajstić information content (AvgIpc) is 2.54. The van der Waals surface area contributed by atoms with E-state index in [1.54, 1.807) is 13.0 Å². The van der Waals surface area contributed by atoms with Crippen molar-refractivity contribution < 1.29 is 4.79 Å². The number of nitrogens with zero attached hydrogens (tertiary/aromatic N) is 1. The molecule has 1 aromatic carbocycles. The summed E-state index contributed by atoms with van der Waals surface area (Å²) < 4.78 is 0. The van der Waals surface area contributed by atoms with Crippen molar-refractivity contribution in [3.8, 4) is 0 Å². The first-order valence-corrected chi connectivity index (χ1v) is 7.01. The third-order valence-corrected chi connectivity index (χ3v) is 4.01. The minimum Gasteiger partial charge on any atom is -0.370 e. The van der Waals surface area contributed by atoms with E-state index in [1.807, 2.05) is 12.1 Å². The van der Waals surface area contributed by atoms with Crippen LogP contribution in [0.15, 0.2) is 18.2 Å². The molecule has 1 fully saturated rings. The molecule has 0 amide bonds. The minimum atomic E-state index is 0.0629. The number of halogens is 1. The Hall–Kier alpha value is -1.02. The van der Waals surface area contributed by atoms with Gasteiger partial charge in [-0.3, -0.25) is 4.79 Å². The van der Waals surface area contributed by atoms with Crippen molar-refractivity contribution >= 4 is 23.1 Å². The molecule has 18 heavy (non-hydrogen) atoms. The number of benzene rings is 1. The number of ketones is 1. The zero-order valence-electron chi connectivity index (χ0n) is 11.1. The lowest BCUT2D eigenvalue weighted by Crippen LogP contribution is -2.24. The molecule has 1 aliphatic rings. The van der Waals surface area contributed by atoms with Crippen molar-refractivity contribution in [2.45, 2.75) is 33.1 Å². The van der Waals surface area contributed by atoms with E-state index in [9.17, 15) is 4.79 Å². The summed E-state index contributed by atoms with van der Waals surface area (Å²) in [6.07, 6.45) is 3.72. The molecule has 0 aromatic heterocycles. The largest absolute Gasteiger partial charge is 0.370 e. The SMILES string of the molecule is CC(=O)c1ccc(N2CCCC(C)CC2)c(Cl)c1. The fourth-order valence-corrected chi connectivity index (χ4v) is 2.79. The van der Waals surface area contributed by atoms with Gasteiger partial charge in [-0.05, 0) is 50.3 Å². The van der Waals surface area contributed by atoms with E-state index in [0.29, 0.717) is 10.6 Å². The predicted molar refractivity (Wildman–Crippen MR) is 76.7 cm³/mol. The summed E-state index contributed by atoms with van der Waals surface area (Å²) in [6, 6.07) is 5.64. The quantitative estimate of drug-likeness (QED) is 0.748. The molecular weight excluding hydrogens is 246 g/mol. The van der Waals surface area contributed by atoms with Crippen LogP contribution in [0.4, 0.5) is 5.69 Å². The van der Waals surface area contributed by atoms with E-state index in [-0.39, 0.29) is 5.78 Å². The van der Waals surface area contributed by atoms with Crippen molar-refractivity contribution in [3.05, 3.63) is 28.8 Å². The highest BCUT2D eigenvalue weighted by atomic mass is 35.5. The minimum absolute atomic E-state index is 0.0629. The topological polar surface area (TPSA) is 20.3 Å². The van der Waals surface area contributed by atoms with Crippen molar-refractivity contribution in [2.24, 2.45) is 5.92 Å². The van der Waals surface area contributed by atoms with E-state index in [2.05, 4.69) is 11.8 Å². The Morgan fingerprint density at radius 2 is 2.11 bits per heavy atom. The molecule has 0 N–H and O–H groups in total. The second kappa shape index (κ2) is 5.75. The summed E-state index contributed by atoms with van der Waals surface area (Å²) in [6.45, 7) is 5.99. The first-order valence-electron chi connectivity index (χ1n) is 6.63. The number of carbonyl (C=O) groups excluding carboxylic acids is 1. The van der Waals surface area contributed by atoms with Crippen LogP contribution in [0.1, 0.15) is 43.5 Å². The molecule has 3 heteroatoms. The van der Waals surface area contributed by atoms with Gasteiger partial charge in [-0.15, -0.1) is 0 Å². The summed E-state index contributed by atoms with van der Waals surface area (Å²) in [4.78, 5) is 13.7. The third kappa shape index (κ3) is 3.05. The number of hydrogen-bond donors (Lipinski definition) is 0. The van der Waals surface area contributed by atoms with Gasteiger partial charge in [0, 0.05) is 18.7 Å². The Morgan fingerprint density at radius 1 is 1.33 bits per heavy atom. The van der Waals surface area contributed by atoms with Gasteiger partial charge in [-0.2, -0.15) is 0 Å². The van der Waals surface area contributed by atoms with Crippen molar-refractivity contribution in [3.63, 3.8) is 0 Å². The van der Waals surface area contributed by atoms with E-state index >= 15 is 0 Å². The van der Waals surface area contributed by atoms with Crippen molar-refractivity contribution in [1.82, 2.24) is 0 Å². The molecule has 2 rings (SSSR count). The molecule has 1 aromatic rings. The monoisotopic (exact) mass is 265 g/mol. The molecule has 98 valence electrons. The smallest absolute Gasteiger partial charge is 0.159 e. The van der Waals surface area contributed by atoms with Crippen LogP contribution in [0.25, 0.3) is 0 Å². The van der Waals surface area contributed by atoms with Gasteiger partial charge in [0.25, 0.3) is 0 Å². The van der Waals surface area contributed by atoms with E-state index < -0.39 is 0 Å². The molecule has 1 atom stereocenters. The summed E-state index contributed by atoms with van der Waals surface area (Å²) in [5.74, 6) is 0.859. The summed E-state index contributed by atoms with van der Waals surface area (Å²) >= 11 is 6.30. The fraction of sp³-hybridized carbons (Fsp3) is 0.533. The van der Waals surface area contributed by atoms with E-state index in [4.69, 9.17) is 11.6 Å². The van der Waals surface area contributed by atoms with Gasteiger partial charge < -0.3 is 4.90 Å². The van der Waals surface area contributed by atoms with Crippen LogP contribution < -0.4 is 4.90 Å². The highest BCUT2D eigenvalue weighted by Gasteiger charge is 2.16. The zero-order chi connectivity index (χ0) is 13.1. The second-order valence-electron chi connectivity index (χ2n) is 5.25. The molecule has 0 saturated carbocycles. The van der Waals surface area contributed by atoms with Crippen LogP contribution in [-0.2, 0) is 0 Å². The number of anilines is 1. The van der Waals surface area contributed by atoms with Crippen LogP contribution in [0.5, 0.6) is 0 Å². The van der Waals surface area contributed by atoms with Crippen molar-refractivity contribution in [1.29, 1.82) is 0 Å². The summed E-state index contributed by atoms with van der Waals surface area (Å²) in [7, 11) is 0. The maximum atomic E-state index is 11.3. The van der Waals surface area contributed by atoms with Gasteiger partial charge in [0.15, 0.2) is 5.78 Å². The highest BCUT2D eigenvalue weighted by molar-refractivity contribution is 6.33. The molecule has 1 aliphatic heterocycles. The molecule has 2 nitrogen and oxygen atoms in total. The van der Waals surface area contributed by atoms with Crippen LogP contribution in [-0.4, -0.2) is 18.9 Å². The Morgan fingerprint density at radius 3 is 2.78 bits per heavy atom. The Bertz CT molecular complexity index is 444. The van der Waals surface area contributed by atoms with Crippen LogP contribution >= 0.6 is 11.6 Å². The summed E-state index contributed by atoms with van der Waals surface area (Å²) in [5, 5.41) is 0.692. The lowest BCUT2D eigenvalue weighted by atomic mass is 10.0. The molecular formula is C15H20ClNO. The van der Waals surface area contributed by atoms with Gasteiger partial charge >= 0.3 is 0 Å². The second-order valence-corrected chi connectivity index (χ2v) is 5.65. The number of rotatable bonds is 2. The number of carbonyl (C=O) groups is 1. The predicted octanol–water partition coefficient (Wildman–Crippen LogP) is 4.17. The molecule has 0 radical (unpaired) electrons. The van der Waals surface area contributed by atoms with E-state index in [0.717, 1.165) is 24.7 Å². The maximum absolute atomic E-state index is 11.3. The molecule has 1 saturated heterocycles. The normalized spacial score (nSPS) is 20.6. The van der Waals surface area contributed by atoms with Crippen LogP contribution in [0.2, 0.25) is 5.02 Å². The molecule has 0 spiro atoms. The molecule has 1 unspecified atom stereocenters. The Kier molecular flexibility index (Phi) is 4.28. The average molecular weight is 266 g/mol. The standard InChI is InChI=1S/C15H20ClNO/c1-11-4-3-8-17(9-7-11)15-6-5-13(12(2)18)10-14(15)16/h5-6,10-11H,3-4,7-9H2,1-2H3. The van der Waals surface area contributed by atoms with Crippen molar-refractivity contribution in [2.75, 3.05) is 18.0 Å². The Labute approximate surface area is 114 Å². The first-order chi connectivity index (χ1) is 8.58. The molecule has 1 heterocycles. The van der Waals surface area contributed by atoms with E-state index in [1.165, 1.54) is 19.3 Å². The number of hydrogen-bond acceptors (Lipinski definition) is 2. The van der Waals surface area contributed by atoms with Crippen LogP contribution in [0.3, 0.4) is 0 Å². The lowest BCUT2D eigenvalue weighted by Gasteiger charge is -2.24. The van der Waals surface area contributed by atoms with Gasteiger partial charge in [-0.25, -0.2) is 0 Å².